The molecule has 1 amide bonds. The Hall–Kier alpha value is -2.96. The Labute approximate surface area is 140 Å². The van der Waals surface area contributed by atoms with Crippen molar-refractivity contribution in [3.63, 3.8) is 0 Å². The van der Waals surface area contributed by atoms with Crippen LogP contribution >= 0.6 is 0 Å². The third-order valence-electron chi connectivity index (χ3n) is 3.68. The van der Waals surface area contributed by atoms with E-state index in [2.05, 4.69) is 20.0 Å². The van der Waals surface area contributed by atoms with E-state index < -0.39 is 11.9 Å². The van der Waals surface area contributed by atoms with Gasteiger partial charge in [0.15, 0.2) is 0 Å². The summed E-state index contributed by atoms with van der Waals surface area (Å²) in [5.74, 6) is -0.411. The Morgan fingerprint density at radius 2 is 1.54 bits per heavy atom. The second kappa shape index (κ2) is 7.08. The largest absolute Gasteiger partial charge is 0.497 e. The minimum absolute atomic E-state index is 0.211. The molecule has 2 rings (SSSR count). The van der Waals surface area contributed by atoms with Gasteiger partial charge in [-0.3, -0.25) is 10.1 Å². The molecule has 0 saturated carbocycles. The van der Waals surface area contributed by atoms with Crippen molar-refractivity contribution >= 4 is 17.8 Å². The van der Waals surface area contributed by atoms with Crippen LogP contribution in [0.3, 0.4) is 0 Å². The highest BCUT2D eigenvalue weighted by Gasteiger charge is 2.15. The van der Waals surface area contributed by atoms with E-state index in [1.165, 1.54) is 32.4 Å². The van der Waals surface area contributed by atoms with Crippen molar-refractivity contribution < 1.29 is 19.1 Å². The van der Waals surface area contributed by atoms with E-state index in [0.29, 0.717) is 5.75 Å². The van der Waals surface area contributed by atoms with Crippen molar-refractivity contribution in [3.8, 4) is 5.75 Å². The molecule has 1 aromatic heterocycles. The molecular weight excluding hydrogens is 310 g/mol. The Kier molecular flexibility index (Phi) is 5.13. The molecule has 0 saturated heterocycles. The summed E-state index contributed by atoms with van der Waals surface area (Å²) in [6, 6.07) is 4.45. The van der Waals surface area contributed by atoms with E-state index in [0.717, 1.165) is 17.0 Å². The molecule has 1 heterocycles. The number of carbonyl (C=O) groups is 2. The SMILES string of the molecule is COC(=O)c1cc(OC)cc(C(=O)Nc2nc(C)c(C)c(C)n2)c1. The van der Waals surface area contributed by atoms with E-state index in [1.54, 1.807) is 0 Å². The number of esters is 1. The van der Waals surface area contributed by atoms with Gasteiger partial charge < -0.3 is 9.47 Å². The number of hydrogen-bond donors (Lipinski definition) is 1. The Bertz CT molecular complexity index is 779. The van der Waals surface area contributed by atoms with Crippen LogP contribution in [0.15, 0.2) is 18.2 Å². The van der Waals surface area contributed by atoms with Crippen LogP contribution in [0.4, 0.5) is 5.95 Å². The molecule has 1 aromatic carbocycles. The van der Waals surface area contributed by atoms with E-state index in [9.17, 15) is 9.59 Å². The summed E-state index contributed by atoms with van der Waals surface area (Å²) in [7, 11) is 2.72. The van der Waals surface area contributed by atoms with E-state index in [1.807, 2.05) is 20.8 Å². The number of nitrogens with zero attached hydrogens (tertiary/aromatic N) is 2. The summed E-state index contributed by atoms with van der Waals surface area (Å²) in [4.78, 5) is 32.7. The predicted molar refractivity (Wildman–Crippen MR) is 88.5 cm³/mol. The zero-order valence-electron chi connectivity index (χ0n) is 14.3. The predicted octanol–water partition coefficient (Wildman–Crippen LogP) is 2.45. The summed E-state index contributed by atoms with van der Waals surface area (Å²) in [5, 5.41) is 2.63. The van der Waals surface area contributed by atoms with Gasteiger partial charge in [-0.25, -0.2) is 14.8 Å². The minimum atomic E-state index is -0.554. The summed E-state index contributed by atoms with van der Waals surface area (Å²) in [5.41, 5.74) is 3.02. The number of methoxy groups -OCH3 is 2. The highest BCUT2D eigenvalue weighted by Crippen LogP contribution is 2.19. The molecule has 2 aromatic rings. The number of anilines is 1. The number of benzene rings is 1. The average molecular weight is 329 g/mol. The van der Waals surface area contributed by atoms with Crippen molar-refractivity contribution in [1.29, 1.82) is 0 Å². The minimum Gasteiger partial charge on any atom is -0.497 e. The molecule has 0 aliphatic heterocycles. The second-order valence-electron chi connectivity index (χ2n) is 5.24. The van der Waals surface area contributed by atoms with Crippen molar-refractivity contribution in [3.05, 3.63) is 46.3 Å². The third kappa shape index (κ3) is 3.68. The fourth-order valence-corrected chi connectivity index (χ4v) is 2.09. The van der Waals surface area contributed by atoms with Crippen LogP contribution in [0.2, 0.25) is 0 Å². The number of aryl methyl sites for hydroxylation is 2. The molecule has 7 nitrogen and oxygen atoms in total. The van der Waals surface area contributed by atoms with Crippen LogP contribution in [0.1, 0.15) is 37.7 Å². The van der Waals surface area contributed by atoms with Crippen LogP contribution in [-0.2, 0) is 4.74 Å². The van der Waals surface area contributed by atoms with Crippen LogP contribution in [0.5, 0.6) is 5.75 Å². The molecule has 24 heavy (non-hydrogen) atoms. The van der Waals surface area contributed by atoms with Gasteiger partial charge in [0, 0.05) is 17.0 Å². The van der Waals surface area contributed by atoms with Crippen molar-refractivity contribution in [2.75, 3.05) is 19.5 Å². The number of aromatic nitrogens is 2. The van der Waals surface area contributed by atoms with Gasteiger partial charge in [0.1, 0.15) is 5.75 Å². The first-order valence-electron chi connectivity index (χ1n) is 7.26. The van der Waals surface area contributed by atoms with Gasteiger partial charge in [0.05, 0.1) is 19.8 Å². The molecule has 0 spiro atoms. The maximum atomic E-state index is 12.5. The molecule has 126 valence electrons. The van der Waals surface area contributed by atoms with Crippen LogP contribution < -0.4 is 10.1 Å². The zero-order valence-corrected chi connectivity index (χ0v) is 14.3. The lowest BCUT2D eigenvalue weighted by Crippen LogP contribution is -2.16. The highest BCUT2D eigenvalue weighted by atomic mass is 16.5. The third-order valence-corrected chi connectivity index (χ3v) is 3.68. The van der Waals surface area contributed by atoms with Crippen molar-refractivity contribution in [2.45, 2.75) is 20.8 Å². The summed E-state index contributed by atoms with van der Waals surface area (Å²) in [6.07, 6.45) is 0. The lowest BCUT2D eigenvalue weighted by atomic mass is 10.1. The molecule has 0 fully saturated rings. The topological polar surface area (TPSA) is 90.4 Å². The molecule has 0 aliphatic carbocycles. The fraction of sp³-hybridized carbons (Fsp3) is 0.294. The lowest BCUT2D eigenvalue weighted by Gasteiger charge is -2.10. The number of ether oxygens (including phenoxy) is 2. The molecule has 1 N–H and O–H groups in total. The molecule has 0 bridgehead atoms. The van der Waals surface area contributed by atoms with Crippen LogP contribution in [0, 0.1) is 20.8 Å². The Balaban J connectivity index is 2.34. The van der Waals surface area contributed by atoms with Gasteiger partial charge in [-0.2, -0.15) is 0 Å². The Morgan fingerprint density at radius 3 is 2.08 bits per heavy atom. The van der Waals surface area contributed by atoms with Gasteiger partial charge in [-0.1, -0.05) is 0 Å². The van der Waals surface area contributed by atoms with Gasteiger partial charge in [-0.15, -0.1) is 0 Å². The molecule has 0 atom stereocenters. The number of nitrogens with one attached hydrogen (secondary N) is 1. The number of hydrogen-bond acceptors (Lipinski definition) is 6. The van der Waals surface area contributed by atoms with E-state index in [4.69, 9.17) is 4.74 Å². The lowest BCUT2D eigenvalue weighted by molar-refractivity contribution is 0.0600. The standard InChI is InChI=1S/C17H19N3O4/c1-9-10(2)18-17(19-11(9)3)20-15(21)12-6-13(16(22)24-5)8-14(7-12)23-4/h6-8H,1-5H3,(H,18,19,20,21). The molecule has 0 aliphatic rings. The van der Waals surface area contributed by atoms with Gasteiger partial charge in [0.2, 0.25) is 5.95 Å². The van der Waals surface area contributed by atoms with Crippen molar-refractivity contribution in [2.24, 2.45) is 0 Å². The van der Waals surface area contributed by atoms with Gasteiger partial charge >= 0.3 is 5.97 Å². The quantitative estimate of drug-likeness (QED) is 0.867. The maximum Gasteiger partial charge on any atom is 0.338 e. The van der Waals surface area contributed by atoms with Crippen LogP contribution in [-0.4, -0.2) is 36.1 Å². The monoisotopic (exact) mass is 329 g/mol. The highest BCUT2D eigenvalue weighted by molar-refractivity contribution is 6.05. The second-order valence-corrected chi connectivity index (χ2v) is 5.24. The number of amides is 1. The smallest absolute Gasteiger partial charge is 0.338 e. The maximum absolute atomic E-state index is 12.5. The van der Waals surface area contributed by atoms with Crippen molar-refractivity contribution in [1.82, 2.24) is 9.97 Å². The molecule has 0 unspecified atom stereocenters. The first-order valence-corrected chi connectivity index (χ1v) is 7.26. The Morgan fingerprint density at radius 1 is 0.958 bits per heavy atom. The van der Waals surface area contributed by atoms with E-state index >= 15 is 0 Å². The number of carbonyl (C=O) groups excluding carboxylic acids is 2. The molecule has 0 radical (unpaired) electrons. The normalized spacial score (nSPS) is 10.2. The first-order chi connectivity index (χ1) is 11.3. The fourth-order valence-electron chi connectivity index (χ4n) is 2.09. The number of rotatable bonds is 4. The summed E-state index contributed by atoms with van der Waals surface area (Å²) in [6.45, 7) is 5.61. The van der Waals surface area contributed by atoms with Gasteiger partial charge in [-0.05, 0) is 44.5 Å². The zero-order chi connectivity index (χ0) is 17.9. The molecular formula is C17H19N3O4. The van der Waals surface area contributed by atoms with Gasteiger partial charge in [0.25, 0.3) is 5.91 Å². The summed E-state index contributed by atoms with van der Waals surface area (Å²) >= 11 is 0. The summed E-state index contributed by atoms with van der Waals surface area (Å²) < 4.78 is 9.81. The average Bonchev–Trinajstić information content (AvgIpc) is 2.58. The van der Waals surface area contributed by atoms with Crippen LogP contribution in [0.25, 0.3) is 0 Å². The molecule has 7 heteroatoms. The first kappa shape index (κ1) is 17.4. The van der Waals surface area contributed by atoms with E-state index in [-0.39, 0.29) is 17.1 Å².